The van der Waals surface area contributed by atoms with Crippen molar-refractivity contribution >= 4 is 35.4 Å². The summed E-state index contributed by atoms with van der Waals surface area (Å²) in [6, 6.07) is 6.70. The van der Waals surface area contributed by atoms with Crippen molar-refractivity contribution in [1.29, 1.82) is 0 Å². The molecule has 6 nitrogen and oxygen atoms in total. The molecular formula is C19H20N2O4S2. The summed E-state index contributed by atoms with van der Waals surface area (Å²) < 4.78 is 10.6. The van der Waals surface area contributed by atoms with Crippen molar-refractivity contribution in [3.05, 3.63) is 40.4 Å². The maximum absolute atomic E-state index is 12.8. The summed E-state index contributed by atoms with van der Waals surface area (Å²) in [6.45, 7) is 1.88. The normalized spacial score (nSPS) is 21.0. The van der Waals surface area contributed by atoms with Crippen LogP contribution in [0.1, 0.15) is 12.5 Å². The molecule has 0 aliphatic carbocycles. The van der Waals surface area contributed by atoms with E-state index in [1.165, 1.54) is 16.7 Å². The Morgan fingerprint density at radius 2 is 2.15 bits per heavy atom. The zero-order chi connectivity index (χ0) is 19.4. The molecule has 0 saturated carbocycles. The number of carbonyl (C=O) groups is 2. The molecule has 2 N–H and O–H groups in total. The van der Waals surface area contributed by atoms with Gasteiger partial charge in [0.15, 0.2) is 0 Å². The Kier molecular flexibility index (Phi) is 6.37. The first kappa shape index (κ1) is 19.7. The van der Waals surface area contributed by atoms with E-state index < -0.39 is 12.0 Å². The summed E-state index contributed by atoms with van der Waals surface area (Å²) in [6.07, 6.45) is 0. The highest BCUT2D eigenvalue weighted by atomic mass is 32.2. The van der Waals surface area contributed by atoms with E-state index in [0.717, 1.165) is 16.2 Å². The van der Waals surface area contributed by atoms with E-state index in [4.69, 9.17) is 15.2 Å². The van der Waals surface area contributed by atoms with Crippen LogP contribution in [0, 0.1) is 11.8 Å². The fourth-order valence-electron chi connectivity index (χ4n) is 2.72. The summed E-state index contributed by atoms with van der Waals surface area (Å²) in [5, 5.41) is -0.206. The van der Waals surface area contributed by atoms with Gasteiger partial charge in [0.2, 0.25) is 5.91 Å². The minimum atomic E-state index is -0.568. The maximum Gasteiger partial charge on any atom is 0.356 e. The Morgan fingerprint density at radius 3 is 2.81 bits per heavy atom. The highest BCUT2D eigenvalue weighted by molar-refractivity contribution is 8.06. The van der Waals surface area contributed by atoms with Crippen molar-refractivity contribution in [3.63, 3.8) is 0 Å². The number of nitrogens with zero attached hydrogens (tertiary/aromatic N) is 1. The molecule has 0 unspecified atom stereocenters. The lowest BCUT2D eigenvalue weighted by Crippen LogP contribution is -2.68. The Hall–Kier alpha value is -2.08. The predicted molar refractivity (Wildman–Crippen MR) is 107 cm³/mol. The van der Waals surface area contributed by atoms with Crippen LogP contribution in [0.2, 0.25) is 0 Å². The third kappa shape index (κ3) is 4.10. The van der Waals surface area contributed by atoms with Gasteiger partial charge < -0.3 is 15.2 Å². The average Bonchev–Trinajstić information content (AvgIpc) is 2.71. The number of benzene rings is 1. The molecule has 1 aromatic carbocycles. The molecule has 0 spiro atoms. The first-order valence-corrected chi connectivity index (χ1v) is 10.4. The molecular weight excluding hydrogens is 384 g/mol. The fraction of sp³-hybridized carbons (Fsp3) is 0.368. The molecule has 0 radical (unpaired) electrons. The number of esters is 1. The van der Waals surface area contributed by atoms with Gasteiger partial charge >= 0.3 is 5.97 Å². The molecule has 2 aliphatic rings. The molecule has 1 fully saturated rings. The highest BCUT2D eigenvalue weighted by Crippen LogP contribution is 2.43. The summed E-state index contributed by atoms with van der Waals surface area (Å²) in [7, 11) is 1.59. The second-order valence-corrected chi connectivity index (χ2v) is 8.02. The topological polar surface area (TPSA) is 81.9 Å². The average molecular weight is 405 g/mol. The van der Waals surface area contributed by atoms with Gasteiger partial charge in [-0.05, 0) is 24.6 Å². The molecule has 0 bridgehead atoms. The van der Waals surface area contributed by atoms with E-state index in [-0.39, 0.29) is 17.9 Å². The predicted octanol–water partition coefficient (Wildman–Crippen LogP) is 1.95. The number of carbonyl (C=O) groups excluding carboxylic acids is 2. The lowest BCUT2D eigenvalue weighted by atomic mass is 10.1. The van der Waals surface area contributed by atoms with Crippen LogP contribution in [0.4, 0.5) is 0 Å². The Bertz CT molecular complexity index is 826. The lowest BCUT2D eigenvalue weighted by molar-refractivity contribution is -0.151. The number of fused-ring (bicyclic) bond motifs is 1. The molecule has 0 aromatic heterocycles. The molecule has 27 heavy (non-hydrogen) atoms. The van der Waals surface area contributed by atoms with Gasteiger partial charge in [-0.2, -0.15) is 0 Å². The smallest absolute Gasteiger partial charge is 0.356 e. The molecule has 2 heterocycles. The van der Waals surface area contributed by atoms with Crippen molar-refractivity contribution in [3.8, 4) is 17.6 Å². The molecule has 2 atom stereocenters. The zero-order valence-corrected chi connectivity index (χ0v) is 16.7. The van der Waals surface area contributed by atoms with E-state index >= 15 is 0 Å². The van der Waals surface area contributed by atoms with Crippen LogP contribution < -0.4 is 10.5 Å². The van der Waals surface area contributed by atoms with E-state index in [2.05, 4.69) is 11.8 Å². The van der Waals surface area contributed by atoms with Crippen molar-refractivity contribution < 1.29 is 19.1 Å². The maximum atomic E-state index is 12.8. The minimum Gasteiger partial charge on any atom is -0.497 e. The molecule has 3 rings (SSSR count). The highest BCUT2D eigenvalue weighted by Gasteiger charge is 2.52. The largest absolute Gasteiger partial charge is 0.497 e. The number of methoxy groups -OCH3 is 1. The van der Waals surface area contributed by atoms with Crippen LogP contribution >= 0.6 is 23.5 Å². The second-order valence-electron chi connectivity index (χ2n) is 5.85. The molecule has 8 heteroatoms. The van der Waals surface area contributed by atoms with Gasteiger partial charge in [0.1, 0.15) is 29.5 Å². The number of nitrogens with two attached hydrogens (primary N) is 1. The third-order valence-corrected chi connectivity index (χ3v) is 6.65. The quantitative estimate of drug-likeness (QED) is 0.441. The van der Waals surface area contributed by atoms with Gasteiger partial charge in [-0.3, -0.25) is 9.69 Å². The Morgan fingerprint density at radius 1 is 1.41 bits per heavy atom. The summed E-state index contributed by atoms with van der Waals surface area (Å²) >= 11 is 3.02. The first-order chi connectivity index (χ1) is 13.1. The number of ether oxygens (including phenoxy) is 2. The Labute approximate surface area is 166 Å². The number of hydrogen-bond donors (Lipinski definition) is 1. The van der Waals surface area contributed by atoms with E-state index in [0.29, 0.717) is 17.2 Å². The van der Waals surface area contributed by atoms with Crippen LogP contribution in [0.5, 0.6) is 5.75 Å². The minimum absolute atomic E-state index is 0.116. The van der Waals surface area contributed by atoms with Gasteiger partial charge in [0.25, 0.3) is 0 Å². The van der Waals surface area contributed by atoms with Gasteiger partial charge in [0.05, 0.1) is 12.9 Å². The van der Waals surface area contributed by atoms with Crippen LogP contribution in [0.25, 0.3) is 0 Å². The van der Waals surface area contributed by atoms with Crippen molar-refractivity contribution in [2.45, 2.75) is 24.9 Å². The second kappa shape index (κ2) is 8.74. The number of thioether (sulfide) groups is 2. The zero-order valence-electron chi connectivity index (χ0n) is 15.1. The monoisotopic (exact) mass is 404 g/mol. The van der Waals surface area contributed by atoms with Crippen molar-refractivity contribution in [1.82, 2.24) is 4.90 Å². The van der Waals surface area contributed by atoms with E-state index in [1.54, 1.807) is 37.9 Å². The standard InChI is InChI=1S/C19H20N2O4S2/c1-3-4-9-26-14-11-27-18-15(20)17(22)21(18)16(14)19(23)25-10-12-5-7-13(24-2)8-6-12/h5-8,15,18H,9-11,20H2,1-2H3/t15-,18-/m1/s1. The fourth-order valence-corrected chi connectivity index (χ4v) is 5.11. The first-order valence-electron chi connectivity index (χ1n) is 8.32. The number of amides is 1. The third-order valence-electron chi connectivity index (χ3n) is 4.19. The number of β-lactam (4-membered cyclic amide) rings is 1. The van der Waals surface area contributed by atoms with Gasteiger partial charge in [-0.25, -0.2) is 4.79 Å². The molecule has 1 saturated heterocycles. The van der Waals surface area contributed by atoms with Gasteiger partial charge in [-0.15, -0.1) is 29.4 Å². The van der Waals surface area contributed by atoms with Crippen LogP contribution in [-0.2, 0) is 20.9 Å². The van der Waals surface area contributed by atoms with Crippen LogP contribution in [-0.4, -0.2) is 46.8 Å². The number of hydrogen-bond acceptors (Lipinski definition) is 7. The summed E-state index contributed by atoms with van der Waals surface area (Å²) in [5.74, 6) is 6.94. The Balaban J connectivity index is 1.75. The molecule has 2 aliphatic heterocycles. The van der Waals surface area contributed by atoms with Crippen molar-refractivity contribution in [2.75, 3.05) is 18.6 Å². The lowest BCUT2D eigenvalue weighted by Gasteiger charge is -2.48. The van der Waals surface area contributed by atoms with Gasteiger partial charge in [-0.1, -0.05) is 18.1 Å². The molecule has 142 valence electrons. The van der Waals surface area contributed by atoms with Crippen LogP contribution in [0.3, 0.4) is 0 Å². The molecule has 1 aromatic rings. The van der Waals surface area contributed by atoms with Gasteiger partial charge in [0, 0.05) is 10.7 Å². The summed E-state index contributed by atoms with van der Waals surface area (Å²) in [4.78, 5) is 27.3. The summed E-state index contributed by atoms with van der Waals surface area (Å²) in [5.41, 5.74) is 7.02. The number of rotatable bonds is 6. The van der Waals surface area contributed by atoms with E-state index in [9.17, 15) is 9.59 Å². The van der Waals surface area contributed by atoms with Crippen LogP contribution in [0.15, 0.2) is 34.9 Å². The van der Waals surface area contributed by atoms with Crippen molar-refractivity contribution in [2.24, 2.45) is 5.73 Å². The SMILES string of the molecule is CC#CCSC1=C(C(=O)OCc2ccc(OC)cc2)N2C(=O)[C@@H](N)[C@H]2SC1. The van der Waals surface area contributed by atoms with E-state index in [1.807, 2.05) is 12.1 Å². The molecule has 1 amide bonds.